The van der Waals surface area contributed by atoms with Gasteiger partial charge in [0.1, 0.15) is 5.60 Å². The van der Waals surface area contributed by atoms with Crippen LogP contribution in [0.1, 0.15) is 60.3 Å². The van der Waals surface area contributed by atoms with E-state index >= 15 is 0 Å². The Bertz CT molecular complexity index is 348. The molecular formula is C18H37N3O2. The predicted octanol–water partition coefficient (Wildman–Crippen LogP) is 3.00. The minimum Gasteiger partial charge on any atom is -0.444 e. The van der Waals surface area contributed by atoms with Gasteiger partial charge in [0.15, 0.2) is 0 Å². The number of hydrogen-bond acceptors (Lipinski definition) is 4. The van der Waals surface area contributed by atoms with E-state index in [9.17, 15) is 4.79 Å². The molecule has 136 valence electrons. The first-order valence-corrected chi connectivity index (χ1v) is 8.98. The van der Waals surface area contributed by atoms with Crippen LogP contribution in [0.5, 0.6) is 0 Å². The van der Waals surface area contributed by atoms with Crippen LogP contribution in [0.2, 0.25) is 0 Å². The lowest BCUT2D eigenvalue weighted by Crippen LogP contribution is -2.48. The molecule has 23 heavy (non-hydrogen) atoms. The first kappa shape index (κ1) is 20.2. The Balaban J connectivity index is 2.29. The van der Waals surface area contributed by atoms with Crippen LogP contribution in [0.4, 0.5) is 4.79 Å². The van der Waals surface area contributed by atoms with Gasteiger partial charge >= 0.3 is 6.09 Å². The van der Waals surface area contributed by atoms with Crippen LogP contribution in [-0.2, 0) is 4.74 Å². The van der Waals surface area contributed by atoms with E-state index < -0.39 is 5.60 Å². The van der Waals surface area contributed by atoms with Crippen molar-refractivity contribution in [2.75, 3.05) is 20.6 Å². The summed E-state index contributed by atoms with van der Waals surface area (Å²) in [5, 5.41) is 6.71. The fourth-order valence-corrected chi connectivity index (χ4v) is 3.22. The molecule has 2 N–H and O–H groups in total. The first-order chi connectivity index (χ1) is 10.6. The largest absolute Gasteiger partial charge is 0.444 e. The van der Waals surface area contributed by atoms with Crippen molar-refractivity contribution in [3.05, 3.63) is 0 Å². The van der Waals surface area contributed by atoms with Crippen molar-refractivity contribution >= 4 is 6.09 Å². The molecule has 0 aromatic heterocycles. The Morgan fingerprint density at radius 2 is 1.65 bits per heavy atom. The predicted molar refractivity (Wildman–Crippen MR) is 95.7 cm³/mol. The molecule has 5 nitrogen and oxygen atoms in total. The van der Waals surface area contributed by atoms with Crippen LogP contribution in [0.15, 0.2) is 0 Å². The molecule has 1 aliphatic rings. The lowest BCUT2D eigenvalue weighted by molar-refractivity contribution is 0.0489. The lowest BCUT2D eigenvalue weighted by Gasteiger charge is -2.34. The standard InChI is InChI=1S/C18H37N3O2/c1-13(2)16(21(6)7)12-19-14-8-10-15(11-9-14)20-17(22)23-18(3,4)5/h13-16,19H,8-12H2,1-7H3,(H,20,22). The average Bonchev–Trinajstić information content (AvgIpc) is 2.37. The Labute approximate surface area is 142 Å². The molecule has 0 spiro atoms. The number of nitrogens with one attached hydrogen (secondary N) is 2. The number of nitrogens with zero attached hydrogens (tertiary/aromatic N) is 1. The van der Waals surface area contributed by atoms with E-state index in [1.807, 2.05) is 20.8 Å². The summed E-state index contributed by atoms with van der Waals surface area (Å²) in [5.74, 6) is 0.641. The maximum absolute atomic E-state index is 11.8. The van der Waals surface area contributed by atoms with Gasteiger partial charge < -0.3 is 20.3 Å². The molecule has 0 saturated heterocycles. The summed E-state index contributed by atoms with van der Waals surface area (Å²) in [7, 11) is 4.29. The minimum absolute atomic E-state index is 0.248. The van der Waals surface area contributed by atoms with Crippen molar-refractivity contribution in [1.82, 2.24) is 15.5 Å². The molecule has 1 unspecified atom stereocenters. The van der Waals surface area contributed by atoms with Gasteiger partial charge in [0, 0.05) is 24.7 Å². The van der Waals surface area contributed by atoms with E-state index in [2.05, 4.69) is 43.5 Å². The fraction of sp³-hybridized carbons (Fsp3) is 0.944. The molecule has 0 aliphatic heterocycles. The molecule has 0 radical (unpaired) electrons. The van der Waals surface area contributed by atoms with Gasteiger partial charge in [-0.3, -0.25) is 0 Å². The molecule has 1 aliphatic carbocycles. The third-order valence-corrected chi connectivity index (χ3v) is 4.50. The second-order valence-corrected chi connectivity index (χ2v) is 8.38. The third kappa shape index (κ3) is 8.02. The number of alkyl carbamates (subject to hydrolysis) is 1. The summed E-state index contributed by atoms with van der Waals surface area (Å²) in [6.07, 6.45) is 3.97. The second-order valence-electron chi connectivity index (χ2n) is 8.38. The van der Waals surface area contributed by atoms with Crippen molar-refractivity contribution in [2.24, 2.45) is 5.92 Å². The lowest BCUT2D eigenvalue weighted by atomic mass is 9.90. The van der Waals surface area contributed by atoms with Crippen LogP contribution in [0, 0.1) is 5.92 Å². The molecule has 1 atom stereocenters. The number of ether oxygens (including phenoxy) is 1. The van der Waals surface area contributed by atoms with Crippen LogP contribution >= 0.6 is 0 Å². The molecular weight excluding hydrogens is 290 g/mol. The van der Waals surface area contributed by atoms with Crippen LogP contribution in [-0.4, -0.2) is 55.4 Å². The summed E-state index contributed by atoms with van der Waals surface area (Å²) in [4.78, 5) is 14.1. The Morgan fingerprint density at radius 3 is 2.09 bits per heavy atom. The van der Waals surface area contributed by atoms with Gasteiger partial charge in [0.25, 0.3) is 0 Å². The van der Waals surface area contributed by atoms with Crippen LogP contribution in [0.3, 0.4) is 0 Å². The Morgan fingerprint density at radius 1 is 1.13 bits per heavy atom. The molecule has 0 bridgehead atoms. The van der Waals surface area contributed by atoms with Gasteiger partial charge in [-0.05, 0) is 66.5 Å². The Kier molecular flexibility index (Phi) is 7.81. The zero-order chi connectivity index (χ0) is 17.6. The zero-order valence-corrected chi connectivity index (χ0v) is 16.1. The van der Waals surface area contributed by atoms with Gasteiger partial charge in [-0.2, -0.15) is 0 Å². The molecule has 1 rings (SSSR count). The van der Waals surface area contributed by atoms with Crippen LogP contribution in [0.25, 0.3) is 0 Å². The zero-order valence-electron chi connectivity index (χ0n) is 16.1. The van der Waals surface area contributed by atoms with Crippen LogP contribution < -0.4 is 10.6 Å². The molecule has 1 amide bonds. The average molecular weight is 328 g/mol. The van der Waals surface area contributed by atoms with Gasteiger partial charge in [0.05, 0.1) is 0 Å². The highest BCUT2D eigenvalue weighted by Gasteiger charge is 2.25. The summed E-state index contributed by atoms with van der Waals surface area (Å²) in [6.45, 7) is 11.2. The molecule has 0 heterocycles. The molecule has 1 fully saturated rings. The highest BCUT2D eigenvalue weighted by Crippen LogP contribution is 2.20. The van der Waals surface area contributed by atoms with Gasteiger partial charge in [-0.15, -0.1) is 0 Å². The van der Waals surface area contributed by atoms with Crippen molar-refractivity contribution < 1.29 is 9.53 Å². The number of rotatable bonds is 6. The third-order valence-electron chi connectivity index (χ3n) is 4.50. The number of carbonyl (C=O) groups is 1. The quantitative estimate of drug-likeness (QED) is 0.787. The molecule has 5 heteroatoms. The summed E-state index contributed by atoms with van der Waals surface area (Å²) < 4.78 is 5.33. The number of carbonyl (C=O) groups excluding carboxylic acids is 1. The van der Waals surface area contributed by atoms with E-state index in [0.717, 1.165) is 32.2 Å². The Hall–Kier alpha value is -0.810. The summed E-state index contributed by atoms with van der Waals surface area (Å²) in [6, 6.07) is 1.37. The second kappa shape index (κ2) is 8.88. The summed E-state index contributed by atoms with van der Waals surface area (Å²) in [5.41, 5.74) is -0.430. The smallest absolute Gasteiger partial charge is 0.407 e. The van der Waals surface area contributed by atoms with E-state index in [1.165, 1.54) is 0 Å². The van der Waals surface area contributed by atoms with Crippen molar-refractivity contribution in [1.29, 1.82) is 0 Å². The maximum Gasteiger partial charge on any atom is 0.407 e. The molecule has 0 aromatic rings. The summed E-state index contributed by atoms with van der Waals surface area (Å²) >= 11 is 0. The van der Waals surface area contributed by atoms with Gasteiger partial charge in [0.2, 0.25) is 0 Å². The highest BCUT2D eigenvalue weighted by molar-refractivity contribution is 5.68. The van der Waals surface area contributed by atoms with E-state index in [0.29, 0.717) is 18.0 Å². The number of hydrogen-bond donors (Lipinski definition) is 2. The van der Waals surface area contributed by atoms with Gasteiger partial charge in [-0.1, -0.05) is 13.8 Å². The van der Waals surface area contributed by atoms with Crippen molar-refractivity contribution in [3.8, 4) is 0 Å². The SMILES string of the molecule is CC(C)C(CNC1CCC(NC(=O)OC(C)(C)C)CC1)N(C)C. The number of amides is 1. The first-order valence-electron chi connectivity index (χ1n) is 8.98. The maximum atomic E-state index is 11.8. The van der Waals surface area contributed by atoms with Gasteiger partial charge in [-0.25, -0.2) is 4.79 Å². The van der Waals surface area contributed by atoms with E-state index in [-0.39, 0.29) is 12.1 Å². The fourth-order valence-electron chi connectivity index (χ4n) is 3.22. The minimum atomic E-state index is -0.430. The number of likely N-dealkylation sites (N-methyl/N-ethyl adjacent to an activating group) is 1. The molecule has 0 aromatic carbocycles. The molecule has 1 saturated carbocycles. The highest BCUT2D eigenvalue weighted by atomic mass is 16.6. The van der Waals surface area contributed by atoms with Crippen molar-refractivity contribution in [2.45, 2.75) is 84.0 Å². The monoisotopic (exact) mass is 327 g/mol. The van der Waals surface area contributed by atoms with Crippen molar-refractivity contribution in [3.63, 3.8) is 0 Å². The van der Waals surface area contributed by atoms with E-state index in [4.69, 9.17) is 4.74 Å². The normalized spacial score (nSPS) is 23.9. The topological polar surface area (TPSA) is 53.6 Å². The van der Waals surface area contributed by atoms with E-state index in [1.54, 1.807) is 0 Å².